The smallest absolute Gasteiger partial charge is 0.335 e. The number of imide groups is 2. The van der Waals surface area contributed by atoms with E-state index in [0.29, 0.717) is 17.1 Å². The Balaban J connectivity index is 1.59. The van der Waals surface area contributed by atoms with Crippen LogP contribution in [0.1, 0.15) is 12.5 Å². The Labute approximate surface area is 175 Å². The summed E-state index contributed by atoms with van der Waals surface area (Å²) < 4.78 is 15.7. The molecular formula is C21H15N2O8-. The van der Waals surface area contributed by atoms with E-state index in [-0.39, 0.29) is 23.8 Å². The monoisotopic (exact) mass is 423 g/mol. The highest BCUT2D eigenvalue weighted by atomic mass is 16.7. The van der Waals surface area contributed by atoms with Crippen LogP contribution >= 0.6 is 0 Å². The van der Waals surface area contributed by atoms with E-state index in [4.69, 9.17) is 14.2 Å². The summed E-state index contributed by atoms with van der Waals surface area (Å²) in [6, 6.07) is 9.69. The molecule has 2 aliphatic heterocycles. The summed E-state index contributed by atoms with van der Waals surface area (Å²) in [5.41, 5.74) is 0.422. The van der Waals surface area contributed by atoms with E-state index in [1.54, 1.807) is 6.07 Å². The number of carboxylic acid groups (broad SMARTS) is 1. The first-order chi connectivity index (χ1) is 14.8. The number of benzene rings is 2. The topological polar surface area (TPSA) is 134 Å². The van der Waals surface area contributed by atoms with E-state index in [1.165, 1.54) is 49.4 Å². The maximum atomic E-state index is 12.9. The van der Waals surface area contributed by atoms with Gasteiger partial charge < -0.3 is 24.1 Å². The van der Waals surface area contributed by atoms with Crippen molar-refractivity contribution >= 4 is 35.6 Å². The number of fused-ring (bicyclic) bond motifs is 1. The van der Waals surface area contributed by atoms with Crippen molar-refractivity contribution < 1.29 is 38.5 Å². The molecule has 2 aromatic carbocycles. The highest BCUT2D eigenvalue weighted by Gasteiger charge is 2.37. The third-order valence-corrected chi connectivity index (χ3v) is 4.55. The van der Waals surface area contributed by atoms with Gasteiger partial charge in [0.05, 0.1) is 11.7 Å². The summed E-state index contributed by atoms with van der Waals surface area (Å²) in [6.45, 7) is 1.36. The summed E-state index contributed by atoms with van der Waals surface area (Å²) in [5, 5.41) is 12.9. The van der Waals surface area contributed by atoms with Crippen molar-refractivity contribution in [1.29, 1.82) is 0 Å². The Morgan fingerprint density at radius 2 is 1.84 bits per heavy atom. The fourth-order valence-corrected chi connectivity index (χ4v) is 2.98. The number of hydrogen-bond acceptors (Lipinski definition) is 8. The number of nitrogens with zero attached hydrogens (tertiary/aromatic N) is 1. The third-order valence-electron chi connectivity index (χ3n) is 4.55. The lowest BCUT2D eigenvalue weighted by Gasteiger charge is -2.26. The molecule has 0 bridgehead atoms. The van der Waals surface area contributed by atoms with Gasteiger partial charge in [-0.1, -0.05) is 12.1 Å². The summed E-state index contributed by atoms with van der Waals surface area (Å²) >= 11 is 0. The van der Waals surface area contributed by atoms with Crippen LogP contribution in [0.2, 0.25) is 0 Å². The molecule has 0 unspecified atom stereocenters. The molecule has 10 heteroatoms. The second kappa shape index (κ2) is 7.82. The van der Waals surface area contributed by atoms with Gasteiger partial charge in [-0.05, 0) is 42.8 Å². The molecule has 10 nitrogen and oxygen atoms in total. The van der Waals surface area contributed by atoms with Crippen molar-refractivity contribution in [2.45, 2.75) is 13.0 Å². The maximum absolute atomic E-state index is 12.9. The average Bonchev–Trinajstić information content (AvgIpc) is 3.20. The van der Waals surface area contributed by atoms with Crippen LogP contribution in [0, 0.1) is 0 Å². The molecule has 2 heterocycles. The zero-order valence-electron chi connectivity index (χ0n) is 16.1. The molecule has 1 N–H and O–H groups in total. The van der Waals surface area contributed by atoms with E-state index in [9.17, 15) is 24.3 Å². The minimum Gasteiger partial charge on any atom is -0.546 e. The largest absolute Gasteiger partial charge is 0.546 e. The lowest BCUT2D eigenvalue weighted by atomic mass is 10.1. The van der Waals surface area contributed by atoms with E-state index >= 15 is 0 Å². The predicted octanol–water partition coefficient (Wildman–Crippen LogP) is 0.599. The van der Waals surface area contributed by atoms with Gasteiger partial charge in [0.2, 0.25) is 6.79 Å². The number of anilines is 1. The molecule has 1 saturated heterocycles. The van der Waals surface area contributed by atoms with Crippen LogP contribution in [-0.4, -0.2) is 36.7 Å². The molecule has 1 fully saturated rings. The Morgan fingerprint density at radius 3 is 2.55 bits per heavy atom. The average molecular weight is 423 g/mol. The van der Waals surface area contributed by atoms with Crippen molar-refractivity contribution in [3.63, 3.8) is 0 Å². The number of carbonyl (C=O) groups is 4. The molecule has 4 amide bonds. The van der Waals surface area contributed by atoms with Crippen LogP contribution in [0.4, 0.5) is 10.5 Å². The Morgan fingerprint density at radius 1 is 1.13 bits per heavy atom. The van der Waals surface area contributed by atoms with Crippen LogP contribution in [-0.2, 0) is 14.4 Å². The first-order valence-corrected chi connectivity index (χ1v) is 9.12. The minimum absolute atomic E-state index is 0.0318. The summed E-state index contributed by atoms with van der Waals surface area (Å²) in [6.07, 6.45) is 0.173. The molecule has 0 aromatic heterocycles. The summed E-state index contributed by atoms with van der Waals surface area (Å²) in [5.74, 6) is -1.87. The van der Waals surface area contributed by atoms with Gasteiger partial charge in [0.1, 0.15) is 17.4 Å². The number of urea groups is 1. The van der Waals surface area contributed by atoms with Gasteiger partial charge >= 0.3 is 6.03 Å². The van der Waals surface area contributed by atoms with Crippen LogP contribution in [0.15, 0.2) is 48.0 Å². The fourth-order valence-electron chi connectivity index (χ4n) is 2.98. The normalized spacial score (nSPS) is 17.5. The van der Waals surface area contributed by atoms with Gasteiger partial charge in [-0.25, -0.2) is 9.69 Å². The standard InChI is InChI=1S/C21H16N2O8/c1-11(20(26)27)31-14-5-2-12(3-6-14)8-15-18(24)22-21(28)23(19(15)25)13-4-7-16-17(9-13)30-10-29-16/h2-9,11H,10H2,1H3,(H,26,27)(H,22,24,28)/p-1/b15-8-/t11-/m0/s1. The van der Waals surface area contributed by atoms with Gasteiger partial charge in [0.25, 0.3) is 11.8 Å². The summed E-state index contributed by atoms with van der Waals surface area (Å²) in [4.78, 5) is 49.1. The Bertz CT molecular complexity index is 1120. The van der Waals surface area contributed by atoms with Crippen LogP contribution in [0.25, 0.3) is 6.08 Å². The van der Waals surface area contributed by atoms with E-state index in [2.05, 4.69) is 5.32 Å². The molecule has 4 rings (SSSR count). The third kappa shape index (κ3) is 3.90. The van der Waals surface area contributed by atoms with Crippen molar-refractivity contribution in [2.75, 3.05) is 11.7 Å². The first-order valence-electron chi connectivity index (χ1n) is 9.12. The van der Waals surface area contributed by atoms with Gasteiger partial charge in [0.15, 0.2) is 11.5 Å². The molecule has 158 valence electrons. The highest BCUT2D eigenvalue weighted by molar-refractivity contribution is 6.39. The number of nitrogens with one attached hydrogen (secondary N) is 1. The molecule has 2 aliphatic rings. The van der Waals surface area contributed by atoms with Gasteiger partial charge in [-0.3, -0.25) is 14.9 Å². The number of rotatable bonds is 5. The zero-order valence-corrected chi connectivity index (χ0v) is 16.1. The van der Waals surface area contributed by atoms with Gasteiger partial charge in [-0.15, -0.1) is 0 Å². The van der Waals surface area contributed by atoms with E-state index < -0.39 is 29.9 Å². The Hall–Kier alpha value is -4.34. The van der Waals surface area contributed by atoms with Gasteiger partial charge in [-0.2, -0.15) is 0 Å². The number of barbiturate groups is 1. The highest BCUT2D eigenvalue weighted by Crippen LogP contribution is 2.36. The molecule has 0 aliphatic carbocycles. The molecule has 0 saturated carbocycles. The van der Waals surface area contributed by atoms with Crippen LogP contribution in [0.5, 0.6) is 17.2 Å². The molecule has 1 atom stereocenters. The number of aliphatic carboxylic acids is 1. The second-order valence-corrected chi connectivity index (χ2v) is 6.64. The fraction of sp³-hybridized carbons (Fsp3) is 0.143. The molecule has 0 radical (unpaired) electrons. The number of carbonyl (C=O) groups excluding carboxylic acids is 4. The van der Waals surface area contributed by atoms with Crippen molar-refractivity contribution in [2.24, 2.45) is 0 Å². The van der Waals surface area contributed by atoms with Crippen LogP contribution < -0.4 is 29.5 Å². The van der Waals surface area contributed by atoms with E-state index in [0.717, 1.165) is 4.90 Å². The number of hydrogen-bond donors (Lipinski definition) is 1. The molecule has 0 spiro atoms. The van der Waals surface area contributed by atoms with E-state index in [1.807, 2.05) is 0 Å². The number of ether oxygens (including phenoxy) is 3. The van der Waals surface area contributed by atoms with Gasteiger partial charge in [0, 0.05) is 6.07 Å². The Kier molecular flexibility index (Phi) is 5.04. The lowest BCUT2D eigenvalue weighted by molar-refractivity contribution is -0.312. The SMILES string of the molecule is C[C@H](Oc1ccc(/C=C2/C(=O)NC(=O)N(c3ccc4c(c3)OCO4)C2=O)cc1)C(=O)[O-]. The minimum atomic E-state index is -1.36. The van der Waals surface area contributed by atoms with Crippen LogP contribution in [0.3, 0.4) is 0 Å². The van der Waals surface area contributed by atoms with Crippen molar-refractivity contribution in [3.8, 4) is 17.2 Å². The molecule has 2 aromatic rings. The molecule has 31 heavy (non-hydrogen) atoms. The lowest BCUT2D eigenvalue weighted by Crippen LogP contribution is -2.54. The maximum Gasteiger partial charge on any atom is 0.335 e. The quantitative estimate of drug-likeness (QED) is 0.546. The second-order valence-electron chi connectivity index (χ2n) is 6.64. The number of carboxylic acids is 1. The number of amides is 4. The summed E-state index contributed by atoms with van der Waals surface area (Å²) in [7, 11) is 0. The first kappa shape index (κ1) is 20.0. The van der Waals surface area contributed by atoms with Crippen molar-refractivity contribution in [1.82, 2.24) is 5.32 Å². The molecular weight excluding hydrogens is 408 g/mol. The zero-order chi connectivity index (χ0) is 22.1. The van der Waals surface area contributed by atoms with Crippen molar-refractivity contribution in [3.05, 3.63) is 53.6 Å². The predicted molar refractivity (Wildman–Crippen MR) is 103 cm³/mol.